The molecular weight excluding hydrogens is 328 g/mol. The van der Waals surface area contributed by atoms with Crippen LogP contribution in [0.2, 0.25) is 0 Å². The molecule has 0 unspecified atom stereocenters. The van der Waals surface area contributed by atoms with Crippen molar-refractivity contribution < 1.29 is 23.0 Å². The van der Waals surface area contributed by atoms with Gasteiger partial charge in [-0.15, -0.1) is 0 Å². The fourth-order valence-corrected chi connectivity index (χ4v) is 2.10. The van der Waals surface area contributed by atoms with Crippen LogP contribution in [-0.4, -0.2) is 12.6 Å². The second-order valence-corrected chi connectivity index (χ2v) is 5.37. The molecule has 0 fully saturated rings. The van der Waals surface area contributed by atoms with Crippen molar-refractivity contribution in [2.75, 3.05) is 6.61 Å². The van der Waals surface area contributed by atoms with Gasteiger partial charge in [-0.3, -0.25) is 0 Å². The molecule has 0 aromatic heterocycles. The summed E-state index contributed by atoms with van der Waals surface area (Å²) < 4.78 is 38.5. The molecule has 25 heavy (non-hydrogen) atoms. The number of ether oxygens (including phenoxy) is 2. The molecule has 2 rings (SSSR count). The fourth-order valence-electron chi connectivity index (χ4n) is 2.10. The van der Waals surface area contributed by atoms with E-state index < -0.39 is 23.2 Å². The number of benzene rings is 2. The maximum atomic E-state index is 14.1. The van der Waals surface area contributed by atoms with Gasteiger partial charge in [0.15, 0.2) is 0 Å². The van der Waals surface area contributed by atoms with Crippen LogP contribution in [0.25, 0.3) is 0 Å². The first-order chi connectivity index (χ1) is 12.0. The highest BCUT2D eigenvalue weighted by Crippen LogP contribution is 2.20. The Morgan fingerprint density at radius 1 is 1.16 bits per heavy atom. The molecule has 0 N–H and O–H groups in total. The van der Waals surface area contributed by atoms with Crippen LogP contribution >= 0.6 is 0 Å². The third kappa shape index (κ3) is 5.10. The van der Waals surface area contributed by atoms with E-state index in [1.165, 1.54) is 24.3 Å². The zero-order chi connectivity index (χ0) is 18.2. The van der Waals surface area contributed by atoms with Crippen molar-refractivity contribution in [3.63, 3.8) is 0 Å². The number of esters is 1. The molecule has 0 saturated carbocycles. The van der Waals surface area contributed by atoms with Gasteiger partial charge in [0.1, 0.15) is 22.9 Å². The number of halogens is 2. The first-order valence-corrected chi connectivity index (χ1v) is 7.83. The van der Waals surface area contributed by atoms with Gasteiger partial charge in [-0.2, -0.15) is 5.26 Å². The van der Waals surface area contributed by atoms with Crippen LogP contribution in [0.15, 0.2) is 36.4 Å². The molecule has 0 spiro atoms. The Morgan fingerprint density at radius 2 is 1.80 bits per heavy atom. The molecule has 2 aromatic rings. The van der Waals surface area contributed by atoms with Gasteiger partial charge in [0.05, 0.1) is 18.2 Å². The normalized spacial score (nSPS) is 10.3. The average Bonchev–Trinajstić information content (AvgIpc) is 2.59. The van der Waals surface area contributed by atoms with E-state index in [-0.39, 0.29) is 12.4 Å². The minimum atomic E-state index is -1.14. The molecular formula is C19H17F2NO3. The highest BCUT2D eigenvalue weighted by Gasteiger charge is 2.21. The van der Waals surface area contributed by atoms with Crippen molar-refractivity contribution in [1.29, 1.82) is 5.26 Å². The summed E-state index contributed by atoms with van der Waals surface area (Å²) in [7, 11) is 0. The van der Waals surface area contributed by atoms with Gasteiger partial charge in [-0.25, -0.2) is 13.6 Å². The van der Waals surface area contributed by atoms with Crippen LogP contribution in [0.5, 0.6) is 5.75 Å². The summed E-state index contributed by atoms with van der Waals surface area (Å²) in [5, 5.41) is 8.71. The molecule has 2 aromatic carbocycles. The molecule has 0 aliphatic rings. The lowest BCUT2D eigenvalue weighted by Gasteiger charge is -2.09. The second kappa shape index (κ2) is 8.90. The van der Waals surface area contributed by atoms with Gasteiger partial charge in [-0.05, 0) is 48.4 Å². The lowest BCUT2D eigenvalue weighted by atomic mass is 10.1. The van der Waals surface area contributed by atoms with Crippen LogP contribution in [-0.2, 0) is 11.3 Å². The van der Waals surface area contributed by atoms with Crippen molar-refractivity contribution in [2.45, 2.75) is 26.4 Å². The largest absolute Gasteiger partial charge is 0.423 e. The first-order valence-electron chi connectivity index (χ1n) is 7.83. The molecule has 0 bridgehead atoms. The van der Waals surface area contributed by atoms with Gasteiger partial charge >= 0.3 is 5.97 Å². The van der Waals surface area contributed by atoms with E-state index in [2.05, 4.69) is 0 Å². The summed E-state index contributed by atoms with van der Waals surface area (Å²) >= 11 is 0. The Bertz CT molecular complexity index is 759. The topological polar surface area (TPSA) is 59.3 Å². The van der Waals surface area contributed by atoms with E-state index in [4.69, 9.17) is 14.7 Å². The molecule has 0 heterocycles. The summed E-state index contributed by atoms with van der Waals surface area (Å²) in [6.45, 7) is 2.58. The number of unbranched alkanes of at least 4 members (excludes halogenated alkanes) is 1. The highest BCUT2D eigenvalue weighted by atomic mass is 19.1. The monoisotopic (exact) mass is 345 g/mol. The Hall–Kier alpha value is -2.78. The molecule has 0 radical (unpaired) electrons. The van der Waals surface area contributed by atoms with E-state index in [9.17, 15) is 13.6 Å². The number of hydrogen-bond acceptors (Lipinski definition) is 4. The zero-order valence-corrected chi connectivity index (χ0v) is 13.7. The number of carbonyl (C=O) groups is 1. The van der Waals surface area contributed by atoms with Crippen molar-refractivity contribution in [3.8, 4) is 11.8 Å². The third-order valence-corrected chi connectivity index (χ3v) is 3.41. The van der Waals surface area contributed by atoms with Crippen LogP contribution < -0.4 is 4.74 Å². The molecule has 0 amide bonds. The number of nitrogens with zero attached hydrogens (tertiary/aromatic N) is 1. The Labute approximate surface area is 144 Å². The van der Waals surface area contributed by atoms with Crippen molar-refractivity contribution in [3.05, 3.63) is 64.7 Å². The van der Waals surface area contributed by atoms with Crippen molar-refractivity contribution in [2.24, 2.45) is 0 Å². The quantitative estimate of drug-likeness (QED) is 0.425. The molecule has 0 aliphatic heterocycles. The standard InChI is InChI=1S/C19H17F2NO3/c1-2-3-8-24-12-14-9-16(20)18(17(21)10-14)19(23)25-15-6-4-13(11-22)5-7-15/h4-7,9-10H,2-3,8,12H2,1H3. The lowest BCUT2D eigenvalue weighted by molar-refractivity contribution is 0.0724. The van der Waals surface area contributed by atoms with E-state index in [0.717, 1.165) is 25.0 Å². The minimum absolute atomic E-state index is 0.0682. The summed E-state index contributed by atoms with van der Waals surface area (Å²) in [5.41, 5.74) is -0.0766. The van der Waals surface area contributed by atoms with E-state index >= 15 is 0 Å². The van der Waals surface area contributed by atoms with Crippen LogP contribution in [0, 0.1) is 23.0 Å². The summed E-state index contributed by atoms with van der Waals surface area (Å²) in [4.78, 5) is 12.0. The predicted molar refractivity (Wildman–Crippen MR) is 87.0 cm³/mol. The van der Waals surface area contributed by atoms with E-state index in [0.29, 0.717) is 17.7 Å². The first kappa shape index (κ1) is 18.6. The number of nitriles is 1. The highest BCUT2D eigenvalue weighted by molar-refractivity contribution is 5.91. The third-order valence-electron chi connectivity index (χ3n) is 3.41. The summed E-state index contributed by atoms with van der Waals surface area (Å²) in [6.07, 6.45) is 1.82. The van der Waals surface area contributed by atoms with E-state index in [1.807, 2.05) is 13.0 Å². The molecule has 0 aliphatic carbocycles. The maximum Gasteiger partial charge on any atom is 0.349 e. The lowest BCUT2D eigenvalue weighted by Crippen LogP contribution is -2.14. The second-order valence-electron chi connectivity index (χ2n) is 5.37. The van der Waals surface area contributed by atoms with Gasteiger partial charge < -0.3 is 9.47 Å². The zero-order valence-electron chi connectivity index (χ0n) is 13.7. The van der Waals surface area contributed by atoms with Crippen molar-refractivity contribution in [1.82, 2.24) is 0 Å². The summed E-state index contributed by atoms with van der Waals surface area (Å²) in [5.74, 6) is -3.06. The van der Waals surface area contributed by atoms with Crippen LogP contribution in [0.4, 0.5) is 8.78 Å². The molecule has 6 heteroatoms. The van der Waals surface area contributed by atoms with Crippen LogP contribution in [0.3, 0.4) is 0 Å². The number of hydrogen-bond donors (Lipinski definition) is 0. The average molecular weight is 345 g/mol. The number of carbonyl (C=O) groups excluding carboxylic acids is 1. The molecule has 0 atom stereocenters. The molecule has 4 nitrogen and oxygen atoms in total. The molecule has 130 valence electrons. The Kier molecular flexibility index (Phi) is 6.61. The van der Waals surface area contributed by atoms with Gasteiger partial charge in [-0.1, -0.05) is 13.3 Å². The summed E-state index contributed by atoms with van der Waals surface area (Å²) in [6, 6.07) is 9.66. The Balaban J connectivity index is 2.09. The van der Waals surface area contributed by atoms with Gasteiger partial charge in [0.2, 0.25) is 0 Å². The van der Waals surface area contributed by atoms with Crippen molar-refractivity contribution >= 4 is 5.97 Å². The minimum Gasteiger partial charge on any atom is -0.423 e. The Morgan fingerprint density at radius 3 is 2.36 bits per heavy atom. The molecule has 0 saturated heterocycles. The fraction of sp³-hybridized carbons (Fsp3) is 0.263. The van der Waals surface area contributed by atoms with Gasteiger partial charge in [0.25, 0.3) is 0 Å². The van der Waals surface area contributed by atoms with E-state index in [1.54, 1.807) is 0 Å². The van der Waals surface area contributed by atoms with Crippen LogP contribution in [0.1, 0.15) is 41.3 Å². The van der Waals surface area contributed by atoms with Gasteiger partial charge in [0, 0.05) is 6.61 Å². The predicted octanol–water partition coefficient (Wildman–Crippen LogP) is 4.37. The maximum absolute atomic E-state index is 14.1. The SMILES string of the molecule is CCCCOCc1cc(F)c(C(=O)Oc2ccc(C#N)cc2)c(F)c1. The smallest absolute Gasteiger partial charge is 0.349 e. The number of rotatable bonds is 7.